The maximum atomic E-state index is 13.2. The van der Waals surface area contributed by atoms with Crippen LogP contribution in [-0.4, -0.2) is 5.91 Å². The summed E-state index contributed by atoms with van der Waals surface area (Å²) in [4.78, 5) is 11.3. The molecule has 0 aromatic heterocycles. The van der Waals surface area contributed by atoms with E-state index < -0.39 is 5.91 Å². The average molecular weight is 279 g/mol. The number of hydrogen-bond acceptors (Lipinski definition) is 2. The highest BCUT2D eigenvalue weighted by molar-refractivity contribution is 6.31. The van der Waals surface area contributed by atoms with Crippen LogP contribution in [0.1, 0.15) is 15.9 Å². The molecule has 0 aliphatic rings. The number of primary amides is 1. The molecule has 3 nitrogen and oxygen atoms in total. The lowest BCUT2D eigenvalue weighted by molar-refractivity contribution is 0.100. The van der Waals surface area contributed by atoms with Gasteiger partial charge in [0.25, 0.3) is 5.91 Å². The summed E-state index contributed by atoms with van der Waals surface area (Å²) in [6.45, 7) is 1.66. The van der Waals surface area contributed by atoms with Gasteiger partial charge in [-0.05, 0) is 48.9 Å². The molecule has 98 valence electrons. The quantitative estimate of drug-likeness (QED) is 0.901. The highest BCUT2D eigenvalue weighted by Gasteiger charge is 2.09. The van der Waals surface area contributed by atoms with Crippen molar-refractivity contribution in [1.29, 1.82) is 0 Å². The number of nitrogens with one attached hydrogen (secondary N) is 1. The first kappa shape index (κ1) is 13.4. The number of carbonyl (C=O) groups is 1. The van der Waals surface area contributed by atoms with Crippen molar-refractivity contribution in [2.24, 2.45) is 5.73 Å². The van der Waals surface area contributed by atoms with Gasteiger partial charge >= 0.3 is 0 Å². The van der Waals surface area contributed by atoms with Crippen LogP contribution < -0.4 is 11.1 Å². The van der Waals surface area contributed by atoms with Crippen LogP contribution in [0.5, 0.6) is 0 Å². The molecule has 0 radical (unpaired) electrons. The van der Waals surface area contributed by atoms with Gasteiger partial charge < -0.3 is 11.1 Å². The van der Waals surface area contributed by atoms with Gasteiger partial charge in [-0.25, -0.2) is 4.39 Å². The lowest BCUT2D eigenvalue weighted by atomic mass is 10.1. The molecule has 0 fully saturated rings. The van der Waals surface area contributed by atoms with Crippen molar-refractivity contribution in [1.82, 2.24) is 0 Å². The standard InChI is InChI=1S/C14H12ClFN2O/c1-8-6-10(3-4-12(8)16)18-13-5-2-9(15)7-11(13)14(17)19/h2-7,18H,1H3,(H2,17,19). The molecule has 0 atom stereocenters. The highest BCUT2D eigenvalue weighted by Crippen LogP contribution is 2.25. The van der Waals surface area contributed by atoms with Crippen molar-refractivity contribution in [2.45, 2.75) is 6.92 Å². The van der Waals surface area contributed by atoms with Gasteiger partial charge in [-0.1, -0.05) is 11.6 Å². The van der Waals surface area contributed by atoms with E-state index in [9.17, 15) is 9.18 Å². The topological polar surface area (TPSA) is 55.1 Å². The highest BCUT2D eigenvalue weighted by atomic mass is 35.5. The van der Waals surface area contributed by atoms with Crippen LogP contribution >= 0.6 is 11.6 Å². The fourth-order valence-electron chi connectivity index (χ4n) is 1.71. The van der Waals surface area contributed by atoms with E-state index in [1.54, 1.807) is 31.2 Å². The molecule has 19 heavy (non-hydrogen) atoms. The van der Waals surface area contributed by atoms with Crippen LogP contribution in [-0.2, 0) is 0 Å². The zero-order valence-electron chi connectivity index (χ0n) is 10.2. The zero-order valence-corrected chi connectivity index (χ0v) is 11.0. The van der Waals surface area contributed by atoms with E-state index in [0.29, 0.717) is 22.0 Å². The smallest absolute Gasteiger partial charge is 0.250 e. The third-order valence-electron chi connectivity index (χ3n) is 2.68. The van der Waals surface area contributed by atoms with Gasteiger partial charge in [0, 0.05) is 10.7 Å². The zero-order chi connectivity index (χ0) is 14.0. The number of rotatable bonds is 3. The third kappa shape index (κ3) is 3.03. The van der Waals surface area contributed by atoms with Crippen molar-refractivity contribution in [3.8, 4) is 0 Å². The summed E-state index contributed by atoms with van der Waals surface area (Å²) in [5, 5.41) is 3.45. The van der Waals surface area contributed by atoms with Crippen LogP contribution in [0.4, 0.5) is 15.8 Å². The first-order valence-electron chi connectivity index (χ1n) is 5.60. The van der Waals surface area contributed by atoms with Gasteiger partial charge in [0.2, 0.25) is 0 Å². The van der Waals surface area contributed by atoms with Crippen molar-refractivity contribution in [3.63, 3.8) is 0 Å². The Labute approximate surface area is 115 Å². The maximum Gasteiger partial charge on any atom is 0.250 e. The number of amides is 1. The largest absolute Gasteiger partial charge is 0.366 e. The minimum absolute atomic E-state index is 0.281. The number of aryl methyl sites for hydroxylation is 1. The number of carbonyl (C=O) groups excluding carboxylic acids is 1. The van der Waals surface area contributed by atoms with Crippen molar-refractivity contribution >= 4 is 28.9 Å². The Bertz CT molecular complexity index is 643. The Balaban J connectivity index is 2.37. The minimum atomic E-state index is -0.580. The van der Waals surface area contributed by atoms with Crippen LogP contribution in [0.2, 0.25) is 5.02 Å². The number of benzene rings is 2. The number of hydrogen-bond donors (Lipinski definition) is 2. The summed E-state index contributed by atoms with van der Waals surface area (Å²) in [6, 6.07) is 9.38. The Morgan fingerprint density at radius 1 is 1.26 bits per heavy atom. The van der Waals surface area contributed by atoms with Crippen LogP contribution in [0.25, 0.3) is 0 Å². The fourth-order valence-corrected chi connectivity index (χ4v) is 1.88. The summed E-state index contributed by atoms with van der Waals surface area (Å²) in [6.07, 6.45) is 0. The molecule has 2 aromatic carbocycles. The monoisotopic (exact) mass is 278 g/mol. The predicted octanol–water partition coefficient (Wildman–Crippen LogP) is 3.63. The second-order valence-corrected chi connectivity index (χ2v) is 4.58. The van der Waals surface area contributed by atoms with Gasteiger partial charge in [-0.3, -0.25) is 4.79 Å². The Kier molecular flexibility index (Phi) is 3.71. The molecule has 3 N–H and O–H groups in total. The van der Waals surface area contributed by atoms with E-state index in [2.05, 4.69) is 5.32 Å². The SMILES string of the molecule is Cc1cc(Nc2ccc(Cl)cc2C(N)=O)ccc1F. The predicted molar refractivity (Wildman–Crippen MR) is 74.4 cm³/mol. The first-order valence-corrected chi connectivity index (χ1v) is 5.97. The Hall–Kier alpha value is -2.07. The van der Waals surface area contributed by atoms with E-state index in [1.807, 2.05) is 0 Å². The van der Waals surface area contributed by atoms with Crippen LogP contribution in [0.3, 0.4) is 0 Å². The third-order valence-corrected chi connectivity index (χ3v) is 2.92. The summed E-state index contributed by atoms with van der Waals surface area (Å²) < 4.78 is 13.2. The molecule has 2 aromatic rings. The Morgan fingerprint density at radius 2 is 2.00 bits per heavy atom. The fraction of sp³-hybridized carbons (Fsp3) is 0.0714. The van der Waals surface area contributed by atoms with Gasteiger partial charge in [-0.2, -0.15) is 0 Å². The molecule has 0 aliphatic carbocycles. The van der Waals surface area contributed by atoms with Crippen molar-refractivity contribution in [3.05, 3.63) is 58.4 Å². The first-order chi connectivity index (χ1) is 8.97. The van der Waals surface area contributed by atoms with Gasteiger partial charge in [0.15, 0.2) is 0 Å². The molecule has 0 heterocycles. The summed E-state index contributed by atoms with van der Waals surface area (Å²) in [5.41, 5.74) is 7.29. The van der Waals surface area contributed by atoms with Gasteiger partial charge in [0.1, 0.15) is 5.82 Å². The molecule has 0 aliphatic heterocycles. The number of halogens is 2. The summed E-state index contributed by atoms with van der Waals surface area (Å²) in [7, 11) is 0. The second kappa shape index (κ2) is 5.28. The van der Waals surface area contributed by atoms with Gasteiger partial charge in [0.05, 0.1) is 11.3 Å². The molecule has 0 saturated heterocycles. The normalized spacial score (nSPS) is 10.3. The molecule has 2 rings (SSSR count). The average Bonchev–Trinajstić information content (AvgIpc) is 2.36. The van der Waals surface area contributed by atoms with Gasteiger partial charge in [-0.15, -0.1) is 0 Å². The molecular formula is C14H12ClFN2O. The maximum absolute atomic E-state index is 13.2. The molecular weight excluding hydrogens is 267 g/mol. The van der Waals surface area contributed by atoms with E-state index in [1.165, 1.54) is 12.1 Å². The summed E-state index contributed by atoms with van der Waals surface area (Å²) >= 11 is 5.82. The van der Waals surface area contributed by atoms with Crippen molar-refractivity contribution < 1.29 is 9.18 Å². The molecule has 0 bridgehead atoms. The van der Waals surface area contributed by atoms with Crippen LogP contribution in [0, 0.1) is 12.7 Å². The van der Waals surface area contributed by atoms with E-state index in [-0.39, 0.29) is 11.4 Å². The molecule has 1 amide bonds. The number of anilines is 2. The molecule has 5 heteroatoms. The number of nitrogens with two attached hydrogens (primary N) is 1. The second-order valence-electron chi connectivity index (χ2n) is 4.14. The molecule has 0 spiro atoms. The lowest BCUT2D eigenvalue weighted by Crippen LogP contribution is -2.13. The molecule has 0 saturated carbocycles. The lowest BCUT2D eigenvalue weighted by Gasteiger charge is -2.11. The molecule has 0 unspecified atom stereocenters. The minimum Gasteiger partial charge on any atom is -0.366 e. The van der Waals surface area contributed by atoms with Crippen molar-refractivity contribution in [2.75, 3.05) is 5.32 Å². The van der Waals surface area contributed by atoms with E-state index in [0.717, 1.165) is 0 Å². The van der Waals surface area contributed by atoms with E-state index >= 15 is 0 Å². The van der Waals surface area contributed by atoms with Crippen LogP contribution in [0.15, 0.2) is 36.4 Å². The Morgan fingerprint density at radius 3 is 2.63 bits per heavy atom. The summed E-state index contributed by atoms with van der Waals surface area (Å²) in [5.74, 6) is -0.861. The van der Waals surface area contributed by atoms with E-state index in [4.69, 9.17) is 17.3 Å².